The van der Waals surface area contributed by atoms with E-state index in [0.29, 0.717) is 30.6 Å². The van der Waals surface area contributed by atoms with Gasteiger partial charge in [-0.1, -0.05) is 5.16 Å². The van der Waals surface area contributed by atoms with Crippen LogP contribution in [0.4, 0.5) is 18.0 Å². The molecule has 3 aliphatic rings. The number of nitrogens with zero attached hydrogens (tertiary/aromatic N) is 5. The monoisotopic (exact) mass is 539 g/mol. The maximum Gasteiger partial charge on any atom is 0.442 e. The maximum atomic E-state index is 15.0. The Hall–Kier alpha value is -4.11. The number of benzene rings is 1. The molecule has 1 aromatic heterocycles. The van der Waals surface area contributed by atoms with Crippen molar-refractivity contribution in [1.82, 2.24) is 19.9 Å². The largest absolute Gasteiger partial charge is 0.442 e. The van der Waals surface area contributed by atoms with Gasteiger partial charge >= 0.3 is 6.09 Å². The van der Waals surface area contributed by atoms with E-state index in [1.54, 1.807) is 33.8 Å². The summed E-state index contributed by atoms with van der Waals surface area (Å²) in [5, 5.41) is 4.00. The summed E-state index contributed by atoms with van der Waals surface area (Å²) in [6.07, 6.45) is 7.16. The van der Waals surface area contributed by atoms with Gasteiger partial charge in [0.05, 0.1) is 0 Å². The Morgan fingerprint density at radius 2 is 1.92 bits per heavy atom. The van der Waals surface area contributed by atoms with Gasteiger partial charge in [0.2, 0.25) is 11.7 Å². The summed E-state index contributed by atoms with van der Waals surface area (Å²) in [5.41, 5.74) is 2.05. The smallest absolute Gasteiger partial charge is 0.442 e. The van der Waals surface area contributed by atoms with Gasteiger partial charge in [-0.3, -0.25) is 0 Å². The topological polar surface area (TPSA) is 84.1 Å². The number of carbonyl (C=O) groups is 1. The highest BCUT2D eigenvalue weighted by molar-refractivity contribution is 5.77. The molecule has 39 heavy (non-hydrogen) atoms. The zero-order chi connectivity index (χ0) is 28.1. The third kappa shape index (κ3) is 5.27. The summed E-state index contributed by atoms with van der Waals surface area (Å²) in [6.45, 7) is 6.88. The van der Waals surface area contributed by atoms with Crippen LogP contribution >= 0.6 is 0 Å². The van der Waals surface area contributed by atoms with Gasteiger partial charge in [-0.25, -0.2) is 18.0 Å². The van der Waals surface area contributed by atoms with Crippen LogP contribution in [0.1, 0.15) is 56.8 Å². The van der Waals surface area contributed by atoms with Crippen molar-refractivity contribution in [2.24, 2.45) is 10.9 Å². The van der Waals surface area contributed by atoms with Gasteiger partial charge in [0, 0.05) is 43.2 Å². The molecule has 0 saturated heterocycles. The molecule has 0 spiro atoms. The van der Waals surface area contributed by atoms with Crippen molar-refractivity contribution < 1.29 is 27.2 Å². The number of rotatable bonds is 3. The Bertz CT molecular complexity index is 1480. The van der Waals surface area contributed by atoms with E-state index in [0.717, 1.165) is 23.0 Å². The lowest BCUT2D eigenvalue weighted by atomic mass is 9.75. The second-order valence-electron chi connectivity index (χ2n) is 10.8. The molecule has 8 nitrogen and oxygen atoms in total. The zero-order valence-corrected chi connectivity index (χ0v) is 22.2. The van der Waals surface area contributed by atoms with Crippen LogP contribution in [0.15, 0.2) is 57.5 Å². The number of aryl methyl sites for hydroxylation is 1. The summed E-state index contributed by atoms with van der Waals surface area (Å²) in [5.74, 6) is -0.614. The maximum absolute atomic E-state index is 15.0. The molecule has 1 aliphatic carbocycles. The molecule has 204 valence electrons. The van der Waals surface area contributed by atoms with Crippen molar-refractivity contribution >= 4 is 17.5 Å². The highest BCUT2D eigenvalue weighted by Gasteiger charge is 2.43. The molecule has 0 fully saturated rings. The number of amides is 1. The van der Waals surface area contributed by atoms with Gasteiger partial charge in [-0.15, -0.1) is 4.99 Å². The number of aliphatic imine (C=N–C) groups is 1. The average Bonchev–Trinajstić information content (AvgIpc) is 3.41. The summed E-state index contributed by atoms with van der Waals surface area (Å²) in [4.78, 5) is 24.3. The quantitative estimate of drug-likeness (QED) is 0.358. The molecule has 0 bridgehead atoms. The van der Waals surface area contributed by atoms with E-state index in [9.17, 15) is 18.0 Å². The lowest BCUT2D eigenvalue weighted by molar-refractivity contribution is 0.0605. The van der Waals surface area contributed by atoms with Crippen molar-refractivity contribution in [3.05, 3.63) is 82.7 Å². The molecule has 11 heteroatoms. The molecule has 0 N–H and O–H groups in total. The highest BCUT2D eigenvalue weighted by Crippen LogP contribution is 2.49. The molecule has 0 saturated carbocycles. The van der Waals surface area contributed by atoms with Crippen LogP contribution in [0, 0.1) is 30.3 Å². The second kappa shape index (κ2) is 9.89. The fourth-order valence-electron chi connectivity index (χ4n) is 5.19. The highest BCUT2D eigenvalue weighted by atomic mass is 19.2. The number of ether oxygens (including phenoxy) is 1. The van der Waals surface area contributed by atoms with E-state index in [-0.39, 0.29) is 11.7 Å². The van der Waals surface area contributed by atoms with Crippen molar-refractivity contribution in [3.63, 3.8) is 0 Å². The second-order valence-corrected chi connectivity index (χ2v) is 10.8. The van der Waals surface area contributed by atoms with E-state index < -0.39 is 41.0 Å². The first kappa shape index (κ1) is 26.5. The third-order valence-corrected chi connectivity index (χ3v) is 6.92. The Labute approximate surface area is 223 Å². The number of carbonyl (C=O) groups excluding carboxylic acids is 1. The summed E-state index contributed by atoms with van der Waals surface area (Å²) >= 11 is 0. The number of allylic oxidation sites excluding steroid dienone is 5. The first-order chi connectivity index (χ1) is 18.4. The van der Waals surface area contributed by atoms with Crippen LogP contribution in [0.5, 0.6) is 0 Å². The Morgan fingerprint density at radius 1 is 1.18 bits per heavy atom. The van der Waals surface area contributed by atoms with Gasteiger partial charge in [0.1, 0.15) is 17.6 Å². The van der Waals surface area contributed by atoms with E-state index in [2.05, 4.69) is 30.8 Å². The minimum atomic E-state index is -1.25. The molecular weight excluding hydrogens is 511 g/mol. The number of aromatic nitrogens is 2. The summed E-state index contributed by atoms with van der Waals surface area (Å²) in [7, 11) is 1.92. The van der Waals surface area contributed by atoms with Crippen LogP contribution in [-0.4, -0.2) is 50.7 Å². The molecule has 2 aromatic rings. The predicted molar refractivity (Wildman–Crippen MR) is 137 cm³/mol. The Balaban J connectivity index is 1.49. The molecule has 2 aliphatic heterocycles. The zero-order valence-electron chi connectivity index (χ0n) is 22.2. The van der Waals surface area contributed by atoms with Crippen molar-refractivity contribution in [1.29, 1.82) is 0 Å². The molecule has 3 heterocycles. The first-order valence-electron chi connectivity index (χ1n) is 12.5. The fraction of sp³-hybridized carbons (Fsp3) is 0.393. The van der Waals surface area contributed by atoms with Gasteiger partial charge in [-0.05, 0) is 81.2 Å². The molecule has 0 radical (unpaired) electrons. The lowest BCUT2D eigenvalue weighted by Gasteiger charge is -2.33. The molecule has 5 rings (SSSR count). The lowest BCUT2D eigenvalue weighted by Crippen LogP contribution is -2.35. The Morgan fingerprint density at radius 3 is 2.62 bits per heavy atom. The summed E-state index contributed by atoms with van der Waals surface area (Å²) < 4.78 is 53.3. The van der Waals surface area contributed by atoms with E-state index in [4.69, 9.17) is 9.26 Å². The normalized spacial score (nSPS) is 22.3. The molecular formula is C28H28F3N5O3. The number of hydrogen-bond donors (Lipinski definition) is 0. The summed E-state index contributed by atoms with van der Waals surface area (Å²) in [6, 6.07) is 1.47. The number of halogens is 3. The molecule has 3 atom stereocenters. The van der Waals surface area contributed by atoms with Crippen molar-refractivity contribution in [3.8, 4) is 0 Å². The number of hydrogen-bond acceptors (Lipinski definition) is 7. The fourth-order valence-corrected chi connectivity index (χ4v) is 5.19. The molecule has 1 amide bonds. The minimum Gasteiger partial charge on any atom is -0.442 e. The minimum absolute atomic E-state index is 0.0492. The predicted octanol–water partition coefficient (Wildman–Crippen LogP) is 5.85. The van der Waals surface area contributed by atoms with Crippen LogP contribution in [0.3, 0.4) is 0 Å². The van der Waals surface area contributed by atoms with E-state index >= 15 is 0 Å². The standard InChI is InChI=1S/C28H28F3N5O3/c1-15-33-26(34-39-15)17-7-9-36-24-10-16(6-8-32-27(37)38-28(2,3)4)18(13-23(24)35(5)25(36)11-17)19-12-21(30)22(31)14-20(19)29/h6-7,9,11-12,14,16,18,25H,10,13H2,1-5H3/t16?,18-,25?/m0/s1. The van der Waals surface area contributed by atoms with Gasteiger partial charge in [0.25, 0.3) is 0 Å². The van der Waals surface area contributed by atoms with E-state index in [1.165, 1.54) is 0 Å². The van der Waals surface area contributed by atoms with Gasteiger partial charge in [-0.2, -0.15) is 4.98 Å². The van der Waals surface area contributed by atoms with Crippen LogP contribution < -0.4 is 0 Å². The van der Waals surface area contributed by atoms with Gasteiger partial charge in [0.15, 0.2) is 11.6 Å². The average molecular weight is 540 g/mol. The van der Waals surface area contributed by atoms with E-state index in [1.807, 2.05) is 25.4 Å². The van der Waals surface area contributed by atoms with Gasteiger partial charge < -0.3 is 19.1 Å². The van der Waals surface area contributed by atoms with Crippen LogP contribution in [0.25, 0.3) is 5.57 Å². The van der Waals surface area contributed by atoms with Crippen molar-refractivity contribution in [2.75, 3.05) is 7.05 Å². The Kier molecular flexibility index (Phi) is 6.72. The first-order valence-corrected chi connectivity index (χ1v) is 12.5. The van der Waals surface area contributed by atoms with Crippen LogP contribution in [-0.2, 0) is 4.74 Å². The third-order valence-electron chi connectivity index (χ3n) is 6.92. The molecule has 1 aromatic carbocycles. The SMILES string of the molecule is Cc1nc(C2=CC3N(C)C4=C(CC(C=C=NC(=O)OC(C)(C)C)[C@@H](c5cc(F)c(F)cc5F)C4)N3C=C2)no1. The van der Waals surface area contributed by atoms with Crippen molar-refractivity contribution in [2.45, 2.75) is 58.2 Å². The molecule has 2 unspecified atom stereocenters. The number of fused-ring (bicyclic) bond motifs is 2. The number of likely N-dealkylation sites (N-methyl/N-ethyl adjacent to an activating group) is 1. The van der Waals surface area contributed by atoms with Crippen LogP contribution in [0.2, 0.25) is 0 Å².